The van der Waals surface area contributed by atoms with Crippen molar-refractivity contribution in [2.75, 3.05) is 13.7 Å². The topological polar surface area (TPSA) is 9.23 Å². The van der Waals surface area contributed by atoms with Gasteiger partial charge in [0.25, 0.3) is 0 Å². The smallest absolute Gasteiger partial charge is 0.0676 e. The van der Waals surface area contributed by atoms with E-state index in [2.05, 4.69) is 18.2 Å². The van der Waals surface area contributed by atoms with E-state index in [1.807, 2.05) is 0 Å². The summed E-state index contributed by atoms with van der Waals surface area (Å²) >= 11 is 0. The molecule has 0 atom stereocenters. The van der Waals surface area contributed by atoms with Gasteiger partial charge in [-0.1, -0.05) is 18.2 Å². The highest BCUT2D eigenvalue weighted by Gasteiger charge is 1.97. The molecule has 0 aromatic rings. The van der Waals surface area contributed by atoms with Crippen LogP contribution in [-0.2, 0) is 4.74 Å². The van der Waals surface area contributed by atoms with Gasteiger partial charge in [-0.15, -0.1) is 0 Å². The minimum atomic E-state index is 0.796. The van der Waals surface area contributed by atoms with E-state index in [0.717, 1.165) is 6.61 Å². The lowest BCUT2D eigenvalue weighted by molar-refractivity contribution is 0.222. The van der Waals surface area contributed by atoms with E-state index in [1.54, 1.807) is 7.11 Å². The molecule has 1 nitrogen and oxygen atoms in total. The summed E-state index contributed by atoms with van der Waals surface area (Å²) in [4.78, 5) is 0. The van der Waals surface area contributed by atoms with Crippen LogP contribution in [0.1, 0.15) is 25.7 Å². The van der Waals surface area contributed by atoms with Gasteiger partial charge in [-0.2, -0.15) is 0 Å². The molecule has 0 unspecified atom stereocenters. The van der Waals surface area contributed by atoms with Gasteiger partial charge in [0.2, 0.25) is 0 Å². The first-order valence-electron chi connectivity index (χ1n) is 4.27. The molecule has 0 amide bonds. The molecule has 0 bridgehead atoms. The molecule has 0 N–H and O–H groups in total. The number of rotatable bonds is 2. The Morgan fingerprint density at radius 1 is 1.45 bits per heavy atom. The lowest BCUT2D eigenvalue weighted by atomic mass is 10.0. The summed E-state index contributed by atoms with van der Waals surface area (Å²) in [6.45, 7) is 0.796. The van der Waals surface area contributed by atoms with Gasteiger partial charge >= 0.3 is 0 Å². The van der Waals surface area contributed by atoms with Crippen molar-refractivity contribution in [1.29, 1.82) is 0 Å². The minimum absolute atomic E-state index is 0.796. The molecule has 1 aliphatic rings. The Morgan fingerprint density at radius 3 is 3.18 bits per heavy atom. The highest BCUT2D eigenvalue weighted by molar-refractivity contribution is 5.14. The summed E-state index contributed by atoms with van der Waals surface area (Å²) in [5.41, 5.74) is 1.42. The summed E-state index contributed by atoms with van der Waals surface area (Å²) in [5, 5.41) is 0. The van der Waals surface area contributed by atoms with Gasteiger partial charge in [0, 0.05) is 7.11 Å². The van der Waals surface area contributed by atoms with Crippen molar-refractivity contribution in [2.24, 2.45) is 0 Å². The standard InChI is InChI=1S/C10H16O/c1-11-9-10-7-5-3-2-4-6-8-10/h3,5,7H,2,4,6,8-9H2,1H3/b5-3-,10-7+. The molecule has 1 rings (SSSR count). The van der Waals surface area contributed by atoms with Crippen molar-refractivity contribution in [3.8, 4) is 0 Å². The lowest BCUT2D eigenvalue weighted by Crippen LogP contribution is -1.95. The van der Waals surface area contributed by atoms with Crippen molar-refractivity contribution < 1.29 is 4.74 Å². The van der Waals surface area contributed by atoms with Crippen LogP contribution in [0.3, 0.4) is 0 Å². The third kappa shape index (κ3) is 3.38. The molecule has 0 fully saturated rings. The molecule has 0 heterocycles. The van der Waals surface area contributed by atoms with Crippen LogP contribution in [0.4, 0.5) is 0 Å². The largest absolute Gasteiger partial charge is 0.380 e. The average molecular weight is 152 g/mol. The van der Waals surface area contributed by atoms with Crippen molar-refractivity contribution in [3.63, 3.8) is 0 Å². The average Bonchev–Trinajstić information content (AvgIpc) is 1.94. The Labute approximate surface area is 68.8 Å². The molecule has 0 saturated heterocycles. The van der Waals surface area contributed by atoms with Crippen LogP contribution < -0.4 is 0 Å². The fourth-order valence-corrected chi connectivity index (χ4v) is 1.30. The molecular weight excluding hydrogens is 136 g/mol. The van der Waals surface area contributed by atoms with Crippen LogP contribution in [0.25, 0.3) is 0 Å². The normalized spacial score (nSPS) is 26.5. The Hall–Kier alpha value is -0.560. The second kappa shape index (κ2) is 5.14. The predicted molar refractivity (Wildman–Crippen MR) is 47.6 cm³/mol. The van der Waals surface area contributed by atoms with Gasteiger partial charge < -0.3 is 4.74 Å². The van der Waals surface area contributed by atoms with Crippen LogP contribution >= 0.6 is 0 Å². The highest BCUT2D eigenvalue weighted by Crippen LogP contribution is 2.12. The van der Waals surface area contributed by atoms with E-state index in [-0.39, 0.29) is 0 Å². The van der Waals surface area contributed by atoms with Crippen LogP contribution in [0, 0.1) is 0 Å². The third-order valence-electron chi connectivity index (χ3n) is 1.92. The summed E-state index contributed by atoms with van der Waals surface area (Å²) < 4.78 is 5.08. The molecule has 1 heteroatoms. The van der Waals surface area contributed by atoms with Gasteiger partial charge in [-0.05, 0) is 31.3 Å². The van der Waals surface area contributed by atoms with Gasteiger partial charge in [0.05, 0.1) is 6.61 Å². The lowest BCUT2D eigenvalue weighted by Gasteiger charge is -2.06. The summed E-state index contributed by atoms with van der Waals surface area (Å²) in [6.07, 6.45) is 11.6. The minimum Gasteiger partial charge on any atom is -0.380 e. The Kier molecular flexibility index (Phi) is 3.99. The maximum absolute atomic E-state index is 5.08. The maximum Gasteiger partial charge on any atom is 0.0676 e. The van der Waals surface area contributed by atoms with Gasteiger partial charge in [0.15, 0.2) is 0 Å². The zero-order chi connectivity index (χ0) is 7.94. The molecule has 0 aromatic heterocycles. The third-order valence-corrected chi connectivity index (χ3v) is 1.92. The second-order valence-electron chi connectivity index (χ2n) is 2.93. The quantitative estimate of drug-likeness (QED) is 0.591. The molecule has 62 valence electrons. The summed E-state index contributed by atoms with van der Waals surface area (Å²) in [6, 6.07) is 0. The Morgan fingerprint density at radius 2 is 2.36 bits per heavy atom. The molecule has 1 aliphatic carbocycles. The number of allylic oxidation sites excluding steroid dienone is 3. The number of hydrogen-bond acceptors (Lipinski definition) is 1. The van der Waals surface area contributed by atoms with Crippen LogP contribution in [-0.4, -0.2) is 13.7 Å². The molecular formula is C10H16O. The first-order valence-corrected chi connectivity index (χ1v) is 4.27. The predicted octanol–water partition coefficient (Wildman–Crippen LogP) is 2.69. The number of methoxy groups -OCH3 is 1. The summed E-state index contributed by atoms with van der Waals surface area (Å²) in [5.74, 6) is 0. The van der Waals surface area contributed by atoms with E-state index in [1.165, 1.54) is 31.3 Å². The van der Waals surface area contributed by atoms with Crippen molar-refractivity contribution >= 4 is 0 Å². The fraction of sp³-hybridized carbons (Fsp3) is 0.600. The van der Waals surface area contributed by atoms with E-state index in [0.29, 0.717) is 0 Å². The molecule has 0 spiro atoms. The number of ether oxygens (including phenoxy) is 1. The molecule has 11 heavy (non-hydrogen) atoms. The zero-order valence-electron chi connectivity index (χ0n) is 7.18. The van der Waals surface area contributed by atoms with Crippen molar-refractivity contribution in [2.45, 2.75) is 25.7 Å². The fourth-order valence-electron chi connectivity index (χ4n) is 1.30. The van der Waals surface area contributed by atoms with E-state index >= 15 is 0 Å². The molecule has 0 radical (unpaired) electrons. The van der Waals surface area contributed by atoms with Gasteiger partial charge in [-0.3, -0.25) is 0 Å². The zero-order valence-corrected chi connectivity index (χ0v) is 7.18. The number of hydrogen-bond donors (Lipinski definition) is 0. The molecule has 0 aromatic carbocycles. The Balaban J connectivity index is 2.44. The van der Waals surface area contributed by atoms with Crippen LogP contribution in [0.5, 0.6) is 0 Å². The van der Waals surface area contributed by atoms with Crippen molar-refractivity contribution in [3.05, 3.63) is 23.8 Å². The Bertz CT molecular complexity index is 156. The van der Waals surface area contributed by atoms with Gasteiger partial charge in [-0.25, -0.2) is 0 Å². The van der Waals surface area contributed by atoms with E-state index in [9.17, 15) is 0 Å². The van der Waals surface area contributed by atoms with Crippen LogP contribution in [0.2, 0.25) is 0 Å². The van der Waals surface area contributed by atoms with E-state index < -0.39 is 0 Å². The first kappa shape index (κ1) is 8.54. The van der Waals surface area contributed by atoms with Gasteiger partial charge in [0.1, 0.15) is 0 Å². The maximum atomic E-state index is 5.08. The van der Waals surface area contributed by atoms with Crippen LogP contribution in [0.15, 0.2) is 23.8 Å². The SMILES string of the molecule is COC/C1=C/C=C\CCCC1. The molecule has 0 saturated carbocycles. The molecule has 0 aliphatic heterocycles. The first-order chi connectivity index (χ1) is 5.43. The monoisotopic (exact) mass is 152 g/mol. The van der Waals surface area contributed by atoms with Crippen molar-refractivity contribution in [1.82, 2.24) is 0 Å². The highest BCUT2D eigenvalue weighted by atomic mass is 16.5. The van der Waals surface area contributed by atoms with E-state index in [4.69, 9.17) is 4.74 Å². The second-order valence-corrected chi connectivity index (χ2v) is 2.93. The summed E-state index contributed by atoms with van der Waals surface area (Å²) in [7, 11) is 1.75.